The average Bonchev–Trinajstić information content (AvgIpc) is 2.90. The van der Waals surface area contributed by atoms with E-state index in [4.69, 9.17) is 0 Å². The number of hydrogen-bond donors (Lipinski definition) is 2. The van der Waals surface area contributed by atoms with Gasteiger partial charge in [-0.1, -0.05) is 37.3 Å². The minimum atomic E-state index is -1.10. The number of piperidine rings is 1. The summed E-state index contributed by atoms with van der Waals surface area (Å²) in [6.07, 6.45) is 2.64. The van der Waals surface area contributed by atoms with E-state index in [1.54, 1.807) is 18.2 Å². The van der Waals surface area contributed by atoms with Crippen molar-refractivity contribution >= 4 is 28.4 Å². The summed E-state index contributed by atoms with van der Waals surface area (Å²) in [6, 6.07) is 14.7. The summed E-state index contributed by atoms with van der Waals surface area (Å²) >= 11 is 0. The Morgan fingerprint density at radius 1 is 1.11 bits per heavy atom. The first kappa shape index (κ1) is 27.5. The lowest BCUT2D eigenvalue weighted by Crippen LogP contribution is -2.49. The summed E-state index contributed by atoms with van der Waals surface area (Å²) < 4.78 is 1.43. The average molecular weight is 520 g/mol. The summed E-state index contributed by atoms with van der Waals surface area (Å²) in [7, 11) is 3.66. The summed E-state index contributed by atoms with van der Waals surface area (Å²) in [6.45, 7) is 4.86. The molecule has 1 aliphatic heterocycles. The number of fused-ring (bicyclic) bond motifs is 1. The van der Waals surface area contributed by atoms with Gasteiger partial charge in [-0.15, -0.1) is 0 Å². The van der Waals surface area contributed by atoms with Gasteiger partial charge >= 0.3 is 0 Å². The van der Waals surface area contributed by atoms with Crippen molar-refractivity contribution in [2.24, 2.45) is 0 Å². The molecule has 9 heteroatoms. The van der Waals surface area contributed by atoms with E-state index in [0.29, 0.717) is 48.9 Å². The van der Waals surface area contributed by atoms with Gasteiger partial charge in [-0.3, -0.25) is 23.9 Å². The van der Waals surface area contributed by atoms with Gasteiger partial charge in [-0.25, -0.2) is 4.98 Å². The maximum absolute atomic E-state index is 13.2. The molecule has 2 aromatic carbocycles. The van der Waals surface area contributed by atoms with Crippen molar-refractivity contribution in [3.63, 3.8) is 0 Å². The van der Waals surface area contributed by atoms with Crippen molar-refractivity contribution in [1.29, 1.82) is 0 Å². The van der Waals surface area contributed by atoms with Crippen LogP contribution in [0.25, 0.3) is 10.9 Å². The van der Waals surface area contributed by atoms with Crippen molar-refractivity contribution in [2.75, 3.05) is 32.5 Å². The fraction of sp³-hybridized carbons (Fsp3) is 0.448. The minimum Gasteiger partial charge on any atom is -0.388 e. The number of aliphatic hydroxyl groups is 1. The third kappa shape index (κ3) is 6.28. The highest BCUT2D eigenvalue weighted by Gasteiger charge is 2.35. The van der Waals surface area contributed by atoms with Crippen LogP contribution >= 0.6 is 0 Å². The van der Waals surface area contributed by atoms with E-state index in [1.165, 1.54) is 10.9 Å². The number of benzene rings is 2. The molecule has 2 atom stereocenters. The molecule has 9 nitrogen and oxygen atoms in total. The summed E-state index contributed by atoms with van der Waals surface area (Å²) in [5.74, 6) is 0.0528. The van der Waals surface area contributed by atoms with Crippen LogP contribution in [0, 0.1) is 0 Å². The molecule has 1 saturated heterocycles. The number of carbonyl (C=O) groups is 2. The second-order valence-electron chi connectivity index (χ2n) is 10.7. The number of likely N-dealkylation sites (N-methyl/N-ethyl adjacent to an activating group) is 1. The fourth-order valence-corrected chi connectivity index (χ4v) is 4.77. The molecule has 38 heavy (non-hydrogen) atoms. The topological polar surface area (TPSA) is 108 Å². The Bertz CT molecular complexity index is 1350. The molecular weight excluding hydrogens is 482 g/mol. The minimum absolute atomic E-state index is 0.0795. The molecule has 1 aromatic heterocycles. The van der Waals surface area contributed by atoms with Crippen molar-refractivity contribution in [1.82, 2.24) is 19.4 Å². The zero-order chi connectivity index (χ0) is 27.4. The largest absolute Gasteiger partial charge is 0.388 e. The lowest BCUT2D eigenvalue weighted by molar-refractivity contribution is -0.136. The van der Waals surface area contributed by atoms with Gasteiger partial charge in [0.25, 0.3) is 5.56 Å². The Kier molecular flexibility index (Phi) is 8.28. The summed E-state index contributed by atoms with van der Waals surface area (Å²) in [4.78, 5) is 46.4. The Hall–Kier alpha value is -3.56. The Balaban J connectivity index is 1.38. The van der Waals surface area contributed by atoms with E-state index in [2.05, 4.69) is 10.3 Å². The number of nitrogens with one attached hydrogen (secondary N) is 1. The SMILES string of the molecule is CC(CC(=O)N1CCC(O)(Cn2cnc3cc(NC(=O)C(C)N(C)C)ccc3c2=O)CC1)c1ccccc1. The first-order valence-corrected chi connectivity index (χ1v) is 13.1. The van der Waals surface area contributed by atoms with Crippen molar-refractivity contribution < 1.29 is 14.7 Å². The third-order valence-corrected chi connectivity index (χ3v) is 7.61. The van der Waals surface area contributed by atoms with Gasteiger partial charge in [-0.05, 0) is 63.5 Å². The number of nitrogens with zero attached hydrogens (tertiary/aromatic N) is 4. The van der Waals surface area contributed by atoms with Crippen LogP contribution < -0.4 is 10.9 Å². The lowest BCUT2D eigenvalue weighted by Gasteiger charge is -2.38. The summed E-state index contributed by atoms with van der Waals surface area (Å²) in [5, 5.41) is 14.5. The molecule has 4 rings (SSSR count). The fourth-order valence-electron chi connectivity index (χ4n) is 4.77. The van der Waals surface area contributed by atoms with E-state index >= 15 is 0 Å². The maximum atomic E-state index is 13.2. The number of hydrogen-bond acceptors (Lipinski definition) is 6. The van der Waals surface area contributed by atoms with Crippen molar-refractivity contribution in [3.05, 3.63) is 70.8 Å². The van der Waals surface area contributed by atoms with Crippen LogP contribution in [0.4, 0.5) is 5.69 Å². The van der Waals surface area contributed by atoms with Crippen molar-refractivity contribution in [3.8, 4) is 0 Å². The van der Waals surface area contributed by atoms with E-state index in [0.717, 1.165) is 5.56 Å². The molecule has 2 amide bonds. The number of amides is 2. The van der Waals surface area contributed by atoms with Gasteiger partial charge in [0, 0.05) is 25.2 Å². The molecule has 2 N–H and O–H groups in total. The molecule has 2 unspecified atom stereocenters. The Morgan fingerprint density at radius 2 is 1.79 bits per heavy atom. The van der Waals surface area contributed by atoms with Crippen LogP contribution in [-0.4, -0.2) is 75.1 Å². The number of aromatic nitrogens is 2. The monoisotopic (exact) mass is 519 g/mol. The highest BCUT2D eigenvalue weighted by molar-refractivity contribution is 5.96. The molecule has 0 aliphatic carbocycles. The molecule has 2 heterocycles. The normalized spacial score (nSPS) is 16.8. The van der Waals surface area contributed by atoms with Gasteiger partial charge in [-0.2, -0.15) is 0 Å². The molecule has 202 valence electrons. The molecule has 1 aliphatic rings. The van der Waals surface area contributed by atoms with E-state index in [1.807, 2.05) is 68.1 Å². The molecule has 3 aromatic rings. The van der Waals surface area contributed by atoms with E-state index in [9.17, 15) is 19.5 Å². The lowest BCUT2D eigenvalue weighted by atomic mass is 9.90. The van der Waals surface area contributed by atoms with Crippen LogP contribution in [-0.2, 0) is 16.1 Å². The highest BCUT2D eigenvalue weighted by atomic mass is 16.3. The Morgan fingerprint density at radius 3 is 2.45 bits per heavy atom. The number of likely N-dealkylation sites (tertiary alicyclic amines) is 1. The van der Waals surface area contributed by atoms with Gasteiger partial charge < -0.3 is 15.3 Å². The molecule has 0 bridgehead atoms. The molecule has 0 saturated carbocycles. The van der Waals surface area contributed by atoms with E-state index in [-0.39, 0.29) is 35.9 Å². The summed E-state index contributed by atoms with van der Waals surface area (Å²) in [5.41, 5.74) is 0.824. The number of carbonyl (C=O) groups excluding carboxylic acids is 2. The second-order valence-corrected chi connectivity index (χ2v) is 10.7. The van der Waals surface area contributed by atoms with E-state index < -0.39 is 5.60 Å². The zero-order valence-electron chi connectivity index (χ0n) is 22.6. The smallest absolute Gasteiger partial charge is 0.261 e. The van der Waals surface area contributed by atoms with Gasteiger partial charge in [0.05, 0.1) is 35.4 Å². The first-order chi connectivity index (χ1) is 18.1. The highest BCUT2D eigenvalue weighted by Crippen LogP contribution is 2.26. The molecule has 0 spiro atoms. The number of rotatable bonds is 8. The first-order valence-electron chi connectivity index (χ1n) is 13.1. The second kappa shape index (κ2) is 11.4. The quantitative estimate of drug-likeness (QED) is 0.474. The molecular formula is C29H37N5O4. The Labute approximate surface area is 223 Å². The van der Waals surface area contributed by atoms with Gasteiger partial charge in [0.1, 0.15) is 0 Å². The predicted molar refractivity (Wildman–Crippen MR) is 148 cm³/mol. The predicted octanol–water partition coefficient (Wildman–Crippen LogP) is 2.83. The van der Waals surface area contributed by atoms with Gasteiger partial charge in [0.15, 0.2) is 0 Å². The zero-order valence-corrected chi connectivity index (χ0v) is 22.6. The van der Waals surface area contributed by atoms with Crippen LogP contribution in [0.5, 0.6) is 0 Å². The maximum Gasteiger partial charge on any atom is 0.261 e. The van der Waals surface area contributed by atoms with Crippen LogP contribution in [0.1, 0.15) is 44.6 Å². The van der Waals surface area contributed by atoms with Crippen LogP contribution in [0.3, 0.4) is 0 Å². The van der Waals surface area contributed by atoms with Gasteiger partial charge in [0.2, 0.25) is 11.8 Å². The molecule has 0 radical (unpaired) electrons. The van der Waals surface area contributed by atoms with Crippen LogP contribution in [0.15, 0.2) is 59.7 Å². The third-order valence-electron chi connectivity index (χ3n) is 7.61. The molecule has 1 fully saturated rings. The van der Waals surface area contributed by atoms with Crippen molar-refractivity contribution in [2.45, 2.75) is 57.2 Å². The van der Waals surface area contributed by atoms with Crippen LogP contribution in [0.2, 0.25) is 0 Å². The standard InChI is InChI=1S/C29H37N5O4/c1-20(22-8-6-5-7-9-22)16-26(35)33-14-12-29(38,13-15-33)18-34-19-30-25-17-23(10-11-24(25)28(34)37)31-27(36)21(2)32(3)4/h5-11,17,19-21,38H,12-16,18H2,1-4H3,(H,31,36). The number of anilines is 1.